The highest BCUT2D eigenvalue weighted by Crippen LogP contribution is 2.20. The highest BCUT2D eigenvalue weighted by atomic mass is 32.1. The molecule has 1 unspecified atom stereocenters. The Morgan fingerprint density at radius 1 is 1.04 bits per heavy atom. The van der Waals surface area contributed by atoms with Crippen LogP contribution in [0, 0.1) is 5.92 Å². The van der Waals surface area contributed by atoms with Crippen LogP contribution in [-0.4, -0.2) is 29.8 Å². The van der Waals surface area contributed by atoms with E-state index in [0.717, 1.165) is 12.8 Å². The second-order valence-corrected chi connectivity index (χ2v) is 7.93. The lowest BCUT2D eigenvalue weighted by Gasteiger charge is -2.21. The van der Waals surface area contributed by atoms with Gasteiger partial charge < -0.3 is 16.0 Å². The Morgan fingerprint density at radius 2 is 1.74 bits per heavy atom. The van der Waals surface area contributed by atoms with Crippen LogP contribution in [0.5, 0.6) is 0 Å². The van der Waals surface area contributed by atoms with Crippen molar-refractivity contribution >= 4 is 34.7 Å². The van der Waals surface area contributed by atoms with Crippen molar-refractivity contribution in [1.82, 2.24) is 10.6 Å². The van der Waals surface area contributed by atoms with Crippen molar-refractivity contribution in [1.29, 1.82) is 0 Å². The molecule has 1 heterocycles. The minimum absolute atomic E-state index is 0.0718. The number of anilines is 1. The van der Waals surface area contributed by atoms with Crippen molar-refractivity contribution in [3.63, 3.8) is 0 Å². The van der Waals surface area contributed by atoms with Crippen LogP contribution >= 0.6 is 11.3 Å². The first-order valence-corrected chi connectivity index (χ1v) is 9.88. The van der Waals surface area contributed by atoms with Gasteiger partial charge in [-0.15, -0.1) is 11.3 Å². The third-order valence-electron chi connectivity index (χ3n) is 4.31. The Morgan fingerprint density at radius 3 is 2.30 bits per heavy atom. The van der Waals surface area contributed by atoms with Crippen LogP contribution in [0.1, 0.15) is 46.7 Å². The monoisotopic (exact) mass is 385 g/mol. The molecule has 142 valence electrons. The first-order chi connectivity index (χ1) is 12.9. The summed E-state index contributed by atoms with van der Waals surface area (Å²) in [5, 5.41) is 10.3. The molecule has 2 aromatic rings. The number of benzene rings is 1. The van der Waals surface area contributed by atoms with Crippen LogP contribution in [0.4, 0.5) is 5.69 Å². The zero-order valence-corrected chi connectivity index (χ0v) is 16.1. The lowest BCUT2D eigenvalue weighted by molar-refractivity contribution is -0.118. The average molecular weight is 385 g/mol. The van der Waals surface area contributed by atoms with Gasteiger partial charge >= 0.3 is 0 Å². The maximum atomic E-state index is 12.6. The van der Waals surface area contributed by atoms with E-state index in [2.05, 4.69) is 16.0 Å². The summed E-state index contributed by atoms with van der Waals surface area (Å²) >= 11 is 1.33. The Hall–Kier alpha value is -2.67. The highest BCUT2D eigenvalue weighted by molar-refractivity contribution is 7.12. The molecule has 6 nitrogen and oxygen atoms in total. The first kappa shape index (κ1) is 19.1. The van der Waals surface area contributed by atoms with Gasteiger partial charge in [0.2, 0.25) is 5.91 Å². The number of thiophene rings is 1. The van der Waals surface area contributed by atoms with Crippen molar-refractivity contribution < 1.29 is 14.4 Å². The SMILES string of the molecule is CC(C)C(NC(=O)c1cccs1)C(=O)Nc1ccc(C(=O)NC2CC2)cc1. The molecule has 1 aromatic carbocycles. The molecule has 1 fully saturated rings. The van der Waals surface area contributed by atoms with Gasteiger partial charge in [0.1, 0.15) is 6.04 Å². The molecule has 1 aliphatic carbocycles. The largest absolute Gasteiger partial charge is 0.349 e. The number of amides is 3. The molecule has 7 heteroatoms. The lowest BCUT2D eigenvalue weighted by Crippen LogP contribution is -2.46. The molecule has 3 rings (SSSR count). The van der Waals surface area contributed by atoms with E-state index in [1.807, 2.05) is 19.2 Å². The van der Waals surface area contributed by atoms with Gasteiger partial charge in [-0.25, -0.2) is 0 Å². The highest BCUT2D eigenvalue weighted by Gasteiger charge is 2.26. The Kier molecular flexibility index (Phi) is 5.91. The fraction of sp³-hybridized carbons (Fsp3) is 0.350. The van der Waals surface area contributed by atoms with Crippen LogP contribution in [-0.2, 0) is 4.79 Å². The second-order valence-electron chi connectivity index (χ2n) is 6.99. The van der Waals surface area contributed by atoms with E-state index in [-0.39, 0.29) is 23.6 Å². The number of rotatable bonds is 7. The summed E-state index contributed by atoms with van der Waals surface area (Å²) in [7, 11) is 0. The second kappa shape index (κ2) is 8.35. The van der Waals surface area contributed by atoms with E-state index in [9.17, 15) is 14.4 Å². The van der Waals surface area contributed by atoms with E-state index in [1.165, 1.54) is 11.3 Å². The fourth-order valence-electron chi connectivity index (χ4n) is 2.58. The summed E-state index contributed by atoms with van der Waals surface area (Å²) in [5.74, 6) is -0.716. The molecular formula is C20H23N3O3S. The van der Waals surface area contributed by atoms with Gasteiger partial charge in [0.05, 0.1) is 4.88 Å². The van der Waals surface area contributed by atoms with Crippen molar-refractivity contribution in [2.75, 3.05) is 5.32 Å². The summed E-state index contributed by atoms with van der Waals surface area (Å²) in [6, 6.07) is 9.92. The topological polar surface area (TPSA) is 87.3 Å². The van der Waals surface area contributed by atoms with Gasteiger partial charge in [-0.2, -0.15) is 0 Å². The van der Waals surface area contributed by atoms with Crippen LogP contribution in [0.2, 0.25) is 0 Å². The molecule has 0 spiro atoms. The standard InChI is InChI=1S/C20H23N3O3S/c1-12(2)17(23-19(25)16-4-3-11-27-16)20(26)22-14-7-5-13(6-8-14)18(24)21-15-9-10-15/h3-8,11-12,15,17H,9-10H2,1-2H3,(H,21,24)(H,22,26)(H,23,25). The maximum absolute atomic E-state index is 12.6. The number of nitrogens with one attached hydrogen (secondary N) is 3. The van der Waals surface area contributed by atoms with E-state index >= 15 is 0 Å². The van der Waals surface area contributed by atoms with Crippen molar-refractivity contribution in [3.05, 3.63) is 52.2 Å². The number of hydrogen-bond acceptors (Lipinski definition) is 4. The minimum atomic E-state index is -0.655. The Bertz CT molecular complexity index is 812. The Balaban J connectivity index is 1.61. The van der Waals surface area contributed by atoms with Crippen molar-refractivity contribution in [2.45, 2.75) is 38.8 Å². The summed E-state index contributed by atoms with van der Waals surface area (Å²) < 4.78 is 0. The van der Waals surface area contributed by atoms with Crippen LogP contribution < -0.4 is 16.0 Å². The summed E-state index contributed by atoms with van der Waals surface area (Å²) in [4.78, 5) is 37.5. The molecule has 0 aliphatic heterocycles. The molecule has 1 aromatic heterocycles. The van der Waals surface area contributed by atoms with E-state index < -0.39 is 6.04 Å². The lowest BCUT2D eigenvalue weighted by atomic mass is 10.0. The van der Waals surface area contributed by atoms with Gasteiger partial charge in [-0.1, -0.05) is 19.9 Å². The zero-order valence-electron chi connectivity index (χ0n) is 15.3. The Labute approximate surface area is 162 Å². The van der Waals surface area contributed by atoms with Gasteiger partial charge in [0, 0.05) is 17.3 Å². The molecule has 27 heavy (non-hydrogen) atoms. The maximum Gasteiger partial charge on any atom is 0.262 e. The third-order valence-corrected chi connectivity index (χ3v) is 5.18. The minimum Gasteiger partial charge on any atom is -0.349 e. The fourth-order valence-corrected chi connectivity index (χ4v) is 3.20. The van der Waals surface area contributed by atoms with Gasteiger partial charge in [0.15, 0.2) is 0 Å². The molecule has 3 amide bonds. The quantitative estimate of drug-likeness (QED) is 0.685. The van der Waals surface area contributed by atoms with E-state index in [0.29, 0.717) is 22.2 Å². The predicted octanol–water partition coefficient (Wildman–Crippen LogP) is 3.03. The molecule has 1 atom stereocenters. The third kappa shape index (κ3) is 5.17. The smallest absolute Gasteiger partial charge is 0.262 e. The van der Waals surface area contributed by atoms with Crippen molar-refractivity contribution in [2.24, 2.45) is 5.92 Å². The molecule has 1 saturated carbocycles. The summed E-state index contributed by atoms with van der Waals surface area (Å²) in [6.45, 7) is 3.76. The molecule has 0 radical (unpaired) electrons. The number of carbonyl (C=O) groups is 3. The molecule has 1 aliphatic rings. The summed E-state index contributed by atoms with van der Waals surface area (Å²) in [6.07, 6.45) is 2.07. The molecule has 0 saturated heterocycles. The number of hydrogen-bond donors (Lipinski definition) is 3. The van der Waals surface area contributed by atoms with Crippen LogP contribution in [0.15, 0.2) is 41.8 Å². The van der Waals surface area contributed by atoms with Crippen LogP contribution in [0.25, 0.3) is 0 Å². The van der Waals surface area contributed by atoms with E-state index in [1.54, 1.807) is 36.4 Å². The zero-order chi connectivity index (χ0) is 19.4. The molecular weight excluding hydrogens is 362 g/mol. The average Bonchev–Trinajstić information content (AvgIpc) is 3.28. The van der Waals surface area contributed by atoms with Crippen molar-refractivity contribution in [3.8, 4) is 0 Å². The normalized spacial score (nSPS) is 14.5. The first-order valence-electron chi connectivity index (χ1n) is 9.00. The van der Waals surface area contributed by atoms with Gasteiger partial charge in [0.25, 0.3) is 11.8 Å². The predicted molar refractivity (Wildman–Crippen MR) is 106 cm³/mol. The number of carbonyl (C=O) groups excluding carboxylic acids is 3. The molecule has 0 bridgehead atoms. The summed E-state index contributed by atoms with van der Waals surface area (Å²) in [5.41, 5.74) is 1.14. The molecule has 3 N–H and O–H groups in total. The van der Waals surface area contributed by atoms with Gasteiger partial charge in [-0.05, 0) is 54.5 Å². The van der Waals surface area contributed by atoms with Gasteiger partial charge in [-0.3, -0.25) is 14.4 Å². The van der Waals surface area contributed by atoms with Crippen LogP contribution in [0.3, 0.4) is 0 Å². The van der Waals surface area contributed by atoms with E-state index in [4.69, 9.17) is 0 Å².